The van der Waals surface area contributed by atoms with E-state index in [1.54, 1.807) is 49.6 Å². The van der Waals surface area contributed by atoms with Gasteiger partial charge in [0.05, 0.1) is 26.1 Å². The Morgan fingerprint density at radius 3 is 2.56 bits per heavy atom. The highest BCUT2D eigenvalue weighted by Gasteiger charge is 2.19. The molecular formula is C18H15ClN2O4. The molecule has 0 unspecified atom stereocenters. The van der Waals surface area contributed by atoms with Crippen molar-refractivity contribution in [2.45, 2.75) is 0 Å². The number of nitrogens with zero attached hydrogens (tertiary/aromatic N) is 1. The van der Waals surface area contributed by atoms with Crippen LogP contribution in [-0.2, 0) is 0 Å². The zero-order valence-electron chi connectivity index (χ0n) is 13.6. The number of carbonyl (C=O) groups excluding carboxylic acids is 1. The third kappa shape index (κ3) is 3.59. The summed E-state index contributed by atoms with van der Waals surface area (Å²) in [7, 11) is 3.10. The van der Waals surface area contributed by atoms with E-state index in [0.717, 1.165) is 0 Å². The van der Waals surface area contributed by atoms with Gasteiger partial charge in [0.1, 0.15) is 17.1 Å². The average molecular weight is 359 g/mol. The van der Waals surface area contributed by atoms with Crippen LogP contribution in [0.2, 0.25) is 5.02 Å². The molecule has 0 aliphatic carbocycles. The first-order valence-corrected chi connectivity index (χ1v) is 7.74. The Kier molecular flexibility index (Phi) is 4.90. The predicted molar refractivity (Wildman–Crippen MR) is 94.4 cm³/mol. The molecule has 128 valence electrons. The number of benzene rings is 2. The zero-order chi connectivity index (χ0) is 17.8. The maximum absolute atomic E-state index is 12.6. The summed E-state index contributed by atoms with van der Waals surface area (Å²) in [6, 6.07) is 12.1. The fraction of sp³-hybridized carbons (Fsp3) is 0.111. The van der Waals surface area contributed by atoms with Gasteiger partial charge in [-0.05, 0) is 42.5 Å². The van der Waals surface area contributed by atoms with Crippen molar-refractivity contribution in [1.29, 1.82) is 0 Å². The summed E-state index contributed by atoms with van der Waals surface area (Å²) >= 11 is 5.99. The molecule has 0 fully saturated rings. The van der Waals surface area contributed by atoms with E-state index in [0.29, 0.717) is 39.1 Å². The average Bonchev–Trinajstić information content (AvgIpc) is 3.12. The van der Waals surface area contributed by atoms with Crippen molar-refractivity contribution in [3.05, 3.63) is 59.2 Å². The number of aromatic nitrogens is 1. The van der Waals surface area contributed by atoms with E-state index < -0.39 is 0 Å². The maximum Gasteiger partial charge on any atom is 0.261 e. The third-order valence-electron chi connectivity index (χ3n) is 3.58. The number of ether oxygens (including phenoxy) is 2. The van der Waals surface area contributed by atoms with Crippen molar-refractivity contribution in [2.75, 3.05) is 19.5 Å². The van der Waals surface area contributed by atoms with Gasteiger partial charge < -0.3 is 19.3 Å². The highest BCUT2D eigenvalue weighted by Crippen LogP contribution is 2.30. The topological polar surface area (TPSA) is 73.6 Å². The van der Waals surface area contributed by atoms with Crippen LogP contribution < -0.4 is 14.8 Å². The van der Waals surface area contributed by atoms with Gasteiger partial charge in [0.15, 0.2) is 5.76 Å². The number of carbonyl (C=O) groups is 1. The molecule has 0 aliphatic rings. The van der Waals surface area contributed by atoms with Crippen LogP contribution in [0.4, 0.5) is 5.69 Å². The molecule has 0 aliphatic heterocycles. The fourth-order valence-corrected chi connectivity index (χ4v) is 2.49. The second-order valence-corrected chi connectivity index (χ2v) is 5.53. The summed E-state index contributed by atoms with van der Waals surface area (Å²) < 4.78 is 15.6. The summed E-state index contributed by atoms with van der Waals surface area (Å²) in [6.45, 7) is 0. The molecule has 0 bridgehead atoms. The van der Waals surface area contributed by atoms with Crippen molar-refractivity contribution in [3.63, 3.8) is 0 Å². The van der Waals surface area contributed by atoms with Gasteiger partial charge >= 0.3 is 0 Å². The van der Waals surface area contributed by atoms with Gasteiger partial charge in [-0.25, -0.2) is 0 Å². The van der Waals surface area contributed by atoms with Gasteiger partial charge in [0.2, 0.25) is 0 Å². The highest BCUT2D eigenvalue weighted by atomic mass is 35.5. The van der Waals surface area contributed by atoms with Gasteiger partial charge in [-0.3, -0.25) is 4.79 Å². The molecule has 2 aromatic carbocycles. The van der Waals surface area contributed by atoms with Crippen molar-refractivity contribution >= 4 is 23.2 Å². The van der Waals surface area contributed by atoms with Crippen LogP contribution in [-0.4, -0.2) is 25.3 Å². The van der Waals surface area contributed by atoms with Crippen LogP contribution in [0.15, 0.2) is 53.2 Å². The van der Waals surface area contributed by atoms with Crippen LogP contribution in [0.3, 0.4) is 0 Å². The van der Waals surface area contributed by atoms with E-state index in [-0.39, 0.29) is 5.91 Å². The van der Waals surface area contributed by atoms with Gasteiger partial charge in [-0.15, -0.1) is 0 Å². The number of hydrogen-bond acceptors (Lipinski definition) is 5. The van der Waals surface area contributed by atoms with Crippen molar-refractivity contribution in [1.82, 2.24) is 5.16 Å². The second kappa shape index (κ2) is 7.27. The Morgan fingerprint density at radius 2 is 1.88 bits per heavy atom. The molecule has 25 heavy (non-hydrogen) atoms. The summed E-state index contributed by atoms with van der Waals surface area (Å²) in [6.07, 6.45) is 1.37. The lowest BCUT2D eigenvalue weighted by Gasteiger charge is -2.10. The molecule has 1 amide bonds. The first-order chi connectivity index (χ1) is 12.1. The smallest absolute Gasteiger partial charge is 0.261 e. The van der Waals surface area contributed by atoms with Crippen molar-refractivity contribution in [2.24, 2.45) is 0 Å². The maximum atomic E-state index is 12.6. The molecule has 6 nitrogen and oxygen atoms in total. The summed E-state index contributed by atoms with van der Waals surface area (Å²) in [5.41, 5.74) is 1.47. The van der Waals surface area contributed by atoms with E-state index in [1.807, 2.05) is 0 Å². The molecule has 7 heteroatoms. The molecule has 1 aromatic heterocycles. The van der Waals surface area contributed by atoms with Gasteiger partial charge in [0.25, 0.3) is 5.91 Å². The molecule has 3 rings (SSSR count). The van der Waals surface area contributed by atoms with E-state index >= 15 is 0 Å². The lowest BCUT2D eigenvalue weighted by Crippen LogP contribution is -2.12. The Hall–Kier alpha value is -2.99. The number of hydrogen-bond donors (Lipinski definition) is 1. The number of amides is 1. The molecule has 1 N–H and O–H groups in total. The van der Waals surface area contributed by atoms with Crippen LogP contribution in [0.25, 0.3) is 11.3 Å². The van der Waals surface area contributed by atoms with Crippen molar-refractivity contribution < 1.29 is 18.8 Å². The number of halogens is 1. The summed E-state index contributed by atoms with van der Waals surface area (Å²) in [4.78, 5) is 12.6. The molecule has 0 atom stereocenters. The molecular weight excluding hydrogens is 344 g/mol. The molecule has 0 spiro atoms. The van der Waals surface area contributed by atoms with E-state index in [1.165, 1.54) is 13.3 Å². The predicted octanol–water partition coefficient (Wildman–Crippen LogP) is 4.26. The van der Waals surface area contributed by atoms with Crippen molar-refractivity contribution in [3.8, 4) is 22.8 Å². The SMILES string of the molecule is COc1ccc(-c2oncc2C(=O)Nc2cc(Cl)ccc2OC)cc1. The Balaban J connectivity index is 1.89. The standard InChI is InChI=1S/C18H15ClN2O4/c1-23-13-6-3-11(4-7-13)17-14(10-20-25-17)18(22)21-15-9-12(19)5-8-16(15)24-2/h3-10H,1-2H3,(H,21,22). The van der Waals surface area contributed by atoms with Crippen LogP contribution in [0.5, 0.6) is 11.5 Å². The van der Waals surface area contributed by atoms with Crippen LogP contribution in [0.1, 0.15) is 10.4 Å². The zero-order valence-corrected chi connectivity index (χ0v) is 14.3. The second-order valence-electron chi connectivity index (χ2n) is 5.10. The number of nitrogens with one attached hydrogen (secondary N) is 1. The highest BCUT2D eigenvalue weighted by molar-refractivity contribution is 6.31. The third-order valence-corrected chi connectivity index (χ3v) is 3.81. The molecule has 0 saturated carbocycles. The minimum atomic E-state index is -0.382. The van der Waals surface area contributed by atoms with Crippen LogP contribution in [0, 0.1) is 0 Å². The van der Waals surface area contributed by atoms with Crippen LogP contribution >= 0.6 is 11.6 Å². The first kappa shape index (κ1) is 16.9. The minimum Gasteiger partial charge on any atom is -0.497 e. The van der Waals surface area contributed by atoms with Gasteiger partial charge in [0, 0.05) is 10.6 Å². The summed E-state index contributed by atoms with van der Waals surface area (Å²) in [5, 5.41) is 6.99. The van der Waals surface area contributed by atoms with Gasteiger partial charge in [-0.2, -0.15) is 0 Å². The van der Waals surface area contributed by atoms with E-state index in [9.17, 15) is 4.79 Å². The Labute approximate surface area is 149 Å². The number of methoxy groups -OCH3 is 2. The monoisotopic (exact) mass is 358 g/mol. The Morgan fingerprint density at radius 1 is 1.12 bits per heavy atom. The Bertz CT molecular complexity index is 890. The minimum absolute atomic E-state index is 0.298. The number of anilines is 1. The van der Waals surface area contributed by atoms with E-state index in [4.69, 9.17) is 25.6 Å². The lowest BCUT2D eigenvalue weighted by molar-refractivity contribution is 0.102. The van der Waals surface area contributed by atoms with Gasteiger partial charge in [-0.1, -0.05) is 16.8 Å². The lowest BCUT2D eigenvalue weighted by atomic mass is 10.1. The molecule has 3 aromatic rings. The first-order valence-electron chi connectivity index (χ1n) is 7.36. The fourth-order valence-electron chi connectivity index (χ4n) is 2.32. The summed E-state index contributed by atoms with van der Waals surface area (Å²) in [5.74, 6) is 1.19. The quantitative estimate of drug-likeness (QED) is 0.737. The molecule has 0 radical (unpaired) electrons. The number of rotatable bonds is 5. The molecule has 0 saturated heterocycles. The normalized spacial score (nSPS) is 10.4. The van der Waals surface area contributed by atoms with E-state index in [2.05, 4.69) is 10.5 Å². The molecule has 1 heterocycles. The largest absolute Gasteiger partial charge is 0.497 e.